The van der Waals surface area contributed by atoms with Gasteiger partial charge in [0, 0.05) is 0 Å². The molecule has 0 unspecified atom stereocenters. The average Bonchev–Trinajstić information content (AvgIpc) is 2.55. The van der Waals surface area contributed by atoms with Gasteiger partial charge in [0.15, 0.2) is 0 Å². The van der Waals surface area contributed by atoms with Crippen molar-refractivity contribution in [3.05, 3.63) is 96.7 Å². The molecule has 1 rings (SSSR count). The van der Waals surface area contributed by atoms with Crippen LogP contribution in [-0.4, -0.2) is 0 Å². The molecule has 0 aliphatic rings. The van der Waals surface area contributed by atoms with Gasteiger partial charge in [-0.25, -0.2) is 0 Å². The van der Waals surface area contributed by atoms with Crippen LogP contribution in [0.3, 0.4) is 0 Å². The Balaban J connectivity index is 0. The Morgan fingerprint density at radius 2 is 1.50 bits per heavy atom. The molecular formula is C22H32. The monoisotopic (exact) mass is 296 g/mol. The van der Waals surface area contributed by atoms with E-state index in [9.17, 15) is 0 Å². The van der Waals surface area contributed by atoms with Crippen LogP contribution in [0, 0.1) is 0 Å². The molecule has 1 aromatic rings. The van der Waals surface area contributed by atoms with E-state index in [0.717, 1.165) is 6.42 Å². The zero-order chi connectivity index (χ0) is 17.1. The molecule has 0 heteroatoms. The highest BCUT2D eigenvalue weighted by atomic mass is 13.9. The van der Waals surface area contributed by atoms with E-state index in [2.05, 4.69) is 37.8 Å². The van der Waals surface area contributed by atoms with Crippen LogP contribution in [0.4, 0.5) is 0 Å². The second-order valence-electron chi connectivity index (χ2n) is 4.54. The standard InChI is InChI=1S/C8H10.C8H12.C6H10/c1-2-8-6-4-3-5-7-8;1-4-6-8(3)7-5-2;1-3-5-6-4-2/h3-7H,2H2,1H3;4-7H,1H2,2-3H3;3-6H,1-2H3/b;7-5-,8-6-;5-3-,6-4-. The predicted octanol–water partition coefficient (Wildman–Crippen LogP) is 7.08. The number of benzene rings is 1. The third-order valence-corrected chi connectivity index (χ3v) is 2.56. The molecule has 22 heavy (non-hydrogen) atoms. The molecule has 0 aliphatic carbocycles. The van der Waals surface area contributed by atoms with Gasteiger partial charge in [0.2, 0.25) is 0 Å². The Kier molecular flexibility index (Phi) is 19.1. The van der Waals surface area contributed by atoms with Crippen LogP contribution in [0.25, 0.3) is 0 Å². The molecule has 0 heterocycles. The quantitative estimate of drug-likeness (QED) is 0.521. The highest BCUT2D eigenvalue weighted by Crippen LogP contribution is 1.96. The molecule has 0 amide bonds. The smallest absolute Gasteiger partial charge is 0.0307 e. The summed E-state index contributed by atoms with van der Waals surface area (Å²) in [6, 6.07) is 10.5. The first-order valence-electron chi connectivity index (χ1n) is 7.86. The first-order valence-corrected chi connectivity index (χ1v) is 7.86. The Morgan fingerprint density at radius 1 is 0.955 bits per heavy atom. The highest BCUT2D eigenvalue weighted by Gasteiger charge is 1.80. The lowest BCUT2D eigenvalue weighted by molar-refractivity contribution is 1.14. The van der Waals surface area contributed by atoms with E-state index in [4.69, 9.17) is 0 Å². The summed E-state index contributed by atoms with van der Waals surface area (Å²) in [6.45, 7) is 13.8. The fourth-order valence-electron chi connectivity index (χ4n) is 1.44. The minimum absolute atomic E-state index is 1.14. The zero-order valence-electron chi connectivity index (χ0n) is 14.9. The lowest BCUT2D eigenvalue weighted by Crippen LogP contribution is -1.73. The van der Waals surface area contributed by atoms with Crippen molar-refractivity contribution < 1.29 is 0 Å². The summed E-state index contributed by atoms with van der Waals surface area (Å²) in [5.74, 6) is 0. The van der Waals surface area contributed by atoms with Crippen molar-refractivity contribution in [2.45, 2.75) is 41.0 Å². The van der Waals surface area contributed by atoms with Crippen molar-refractivity contribution in [1.29, 1.82) is 0 Å². The van der Waals surface area contributed by atoms with Crippen molar-refractivity contribution in [1.82, 2.24) is 0 Å². The minimum Gasteiger partial charge on any atom is -0.0991 e. The number of hydrogen-bond acceptors (Lipinski definition) is 0. The molecule has 0 N–H and O–H groups in total. The Labute approximate surface area is 138 Å². The first-order chi connectivity index (χ1) is 10.7. The van der Waals surface area contributed by atoms with Crippen molar-refractivity contribution in [3.8, 4) is 0 Å². The minimum atomic E-state index is 1.14. The lowest BCUT2D eigenvalue weighted by atomic mass is 10.2. The van der Waals surface area contributed by atoms with Crippen molar-refractivity contribution >= 4 is 0 Å². The fourth-order valence-corrected chi connectivity index (χ4v) is 1.44. The SMILES string of the molecule is C/C=C\C=C/C.C=C/C=C(C)\C=C/C.CCc1ccccc1. The number of aryl methyl sites for hydroxylation is 1. The Bertz CT molecular complexity index is 446. The van der Waals surface area contributed by atoms with Gasteiger partial charge in [-0.15, -0.1) is 0 Å². The molecule has 120 valence electrons. The van der Waals surface area contributed by atoms with Crippen LogP contribution in [0.5, 0.6) is 0 Å². The van der Waals surface area contributed by atoms with Gasteiger partial charge >= 0.3 is 0 Å². The van der Waals surface area contributed by atoms with Crippen molar-refractivity contribution in [2.24, 2.45) is 0 Å². The lowest BCUT2D eigenvalue weighted by Gasteiger charge is -1.89. The number of rotatable bonds is 4. The fraction of sp³-hybridized carbons (Fsp3) is 0.273. The second-order valence-corrected chi connectivity index (χ2v) is 4.54. The number of hydrogen-bond donors (Lipinski definition) is 0. The number of allylic oxidation sites excluding steroid dienone is 9. The third-order valence-electron chi connectivity index (χ3n) is 2.56. The van der Waals surface area contributed by atoms with Crippen molar-refractivity contribution in [2.75, 3.05) is 0 Å². The van der Waals surface area contributed by atoms with Crippen molar-refractivity contribution in [3.63, 3.8) is 0 Å². The van der Waals surface area contributed by atoms with Gasteiger partial charge in [0.05, 0.1) is 0 Å². The predicted molar refractivity (Wildman–Crippen MR) is 104 cm³/mol. The molecule has 0 fully saturated rings. The maximum absolute atomic E-state index is 3.57. The maximum Gasteiger partial charge on any atom is -0.0307 e. The topological polar surface area (TPSA) is 0 Å². The summed E-state index contributed by atoms with van der Waals surface area (Å²) in [5.41, 5.74) is 2.65. The molecule has 0 aliphatic heterocycles. The third kappa shape index (κ3) is 17.9. The van der Waals surface area contributed by atoms with Crippen LogP contribution in [0.15, 0.2) is 91.1 Å². The van der Waals surface area contributed by atoms with E-state index in [-0.39, 0.29) is 0 Å². The summed E-state index contributed by atoms with van der Waals surface area (Å²) in [5, 5.41) is 0. The highest BCUT2D eigenvalue weighted by molar-refractivity contribution is 5.19. The molecule has 0 saturated carbocycles. The van der Waals surface area contributed by atoms with E-state index in [1.54, 1.807) is 6.08 Å². The van der Waals surface area contributed by atoms with Gasteiger partial charge < -0.3 is 0 Å². The van der Waals surface area contributed by atoms with Crippen LogP contribution < -0.4 is 0 Å². The molecule has 0 radical (unpaired) electrons. The normalized spacial score (nSPS) is 11.0. The van der Waals surface area contributed by atoms with Gasteiger partial charge in [-0.2, -0.15) is 0 Å². The van der Waals surface area contributed by atoms with E-state index < -0.39 is 0 Å². The largest absolute Gasteiger partial charge is 0.0991 e. The summed E-state index contributed by atoms with van der Waals surface area (Å²) in [6.07, 6.45) is 17.0. The Morgan fingerprint density at radius 3 is 1.82 bits per heavy atom. The van der Waals surface area contributed by atoms with E-state index in [1.165, 1.54) is 11.1 Å². The zero-order valence-corrected chi connectivity index (χ0v) is 14.9. The summed E-state index contributed by atoms with van der Waals surface area (Å²) < 4.78 is 0. The molecule has 0 bridgehead atoms. The molecule has 0 nitrogen and oxygen atoms in total. The van der Waals surface area contributed by atoms with Crippen LogP contribution in [0.2, 0.25) is 0 Å². The summed E-state index contributed by atoms with van der Waals surface area (Å²) >= 11 is 0. The van der Waals surface area contributed by atoms with Crippen LogP contribution in [0.1, 0.15) is 40.2 Å². The molecule has 0 saturated heterocycles. The van der Waals surface area contributed by atoms with Gasteiger partial charge in [-0.3, -0.25) is 0 Å². The summed E-state index contributed by atoms with van der Waals surface area (Å²) in [4.78, 5) is 0. The van der Waals surface area contributed by atoms with E-state index >= 15 is 0 Å². The second kappa shape index (κ2) is 18.9. The van der Waals surface area contributed by atoms with E-state index in [1.807, 2.05) is 76.3 Å². The van der Waals surface area contributed by atoms with Gasteiger partial charge in [-0.05, 0) is 39.7 Å². The molecule has 1 aromatic carbocycles. The average molecular weight is 296 g/mol. The molecule has 0 aromatic heterocycles. The summed E-state index contributed by atoms with van der Waals surface area (Å²) in [7, 11) is 0. The maximum atomic E-state index is 3.57. The van der Waals surface area contributed by atoms with Gasteiger partial charge in [0.1, 0.15) is 0 Å². The molecule has 0 atom stereocenters. The first kappa shape index (κ1) is 22.2. The van der Waals surface area contributed by atoms with Crippen LogP contribution in [-0.2, 0) is 6.42 Å². The van der Waals surface area contributed by atoms with Crippen LogP contribution >= 0.6 is 0 Å². The molecule has 0 spiro atoms. The van der Waals surface area contributed by atoms with Gasteiger partial charge in [-0.1, -0.05) is 98.0 Å². The van der Waals surface area contributed by atoms with Gasteiger partial charge in [0.25, 0.3) is 0 Å². The Hall–Kier alpha value is -2.08. The molecular weight excluding hydrogens is 264 g/mol. The van der Waals surface area contributed by atoms with E-state index in [0.29, 0.717) is 0 Å².